The molecule has 1 aromatic carbocycles. The van der Waals surface area contributed by atoms with E-state index >= 15 is 0 Å². The highest BCUT2D eigenvalue weighted by atomic mass is 31.2. The fourth-order valence-electron chi connectivity index (χ4n) is 3.99. The molecule has 3 rings (SSSR count). The first-order chi connectivity index (χ1) is 12.5. The maximum atomic E-state index is 13.2. The van der Waals surface area contributed by atoms with Gasteiger partial charge in [0.2, 0.25) is 0 Å². The van der Waals surface area contributed by atoms with Crippen molar-refractivity contribution in [2.24, 2.45) is 5.92 Å². The lowest BCUT2D eigenvalue weighted by atomic mass is 9.86. The van der Waals surface area contributed by atoms with Crippen molar-refractivity contribution in [1.29, 1.82) is 0 Å². The lowest BCUT2D eigenvalue weighted by Gasteiger charge is -2.27. The van der Waals surface area contributed by atoms with E-state index in [1.807, 2.05) is 24.3 Å². The third kappa shape index (κ3) is 3.61. The number of ether oxygens (including phenoxy) is 2. The van der Waals surface area contributed by atoms with E-state index in [1.54, 1.807) is 25.9 Å². The Kier molecular flexibility index (Phi) is 5.90. The summed E-state index contributed by atoms with van der Waals surface area (Å²) in [6.45, 7) is 5.03. The number of carbonyl (C=O) groups excluding carboxylic acids is 1. The average molecular weight is 383 g/mol. The molecule has 144 valence electrons. The number of hydrogen-bond acceptors (Lipinski definition) is 6. The molecule has 0 radical (unpaired) electrons. The van der Waals surface area contributed by atoms with E-state index in [9.17, 15) is 9.36 Å². The molecule has 26 heavy (non-hydrogen) atoms. The molecule has 2 aliphatic heterocycles. The van der Waals surface area contributed by atoms with Gasteiger partial charge in [-0.05, 0) is 25.5 Å². The zero-order chi connectivity index (χ0) is 18.7. The zero-order valence-corrected chi connectivity index (χ0v) is 16.3. The summed E-state index contributed by atoms with van der Waals surface area (Å²) in [7, 11) is -1.62. The molecule has 0 N–H and O–H groups in total. The van der Waals surface area contributed by atoms with Gasteiger partial charge in [-0.25, -0.2) is 4.79 Å². The monoisotopic (exact) mass is 383 g/mol. The predicted octanol–water partition coefficient (Wildman–Crippen LogP) is 3.50. The highest BCUT2D eigenvalue weighted by Crippen LogP contribution is 2.55. The van der Waals surface area contributed by atoms with Crippen LogP contribution in [-0.2, 0) is 18.3 Å². The zero-order valence-electron chi connectivity index (χ0n) is 15.4. The summed E-state index contributed by atoms with van der Waals surface area (Å²) < 4.78 is 34.9. The fourth-order valence-corrected chi connectivity index (χ4v) is 6.08. The summed E-state index contributed by atoms with van der Waals surface area (Å²) in [6.07, 6.45) is -0.0742. The Morgan fingerprint density at radius 1 is 1.23 bits per heavy atom. The van der Waals surface area contributed by atoms with Gasteiger partial charge in [0.25, 0.3) is 0 Å². The Labute approximate surface area is 154 Å². The molecule has 0 unspecified atom stereocenters. The average Bonchev–Trinajstić information content (AvgIpc) is 3.16. The van der Waals surface area contributed by atoms with Gasteiger partial charge in [-0.3, -0.25) is 4.57 Å². The molecule has 0 aliphatic carbocycles. The van der Waals surface area contributed by atoms with Gasteiger partial charge in [-0.2, -0.15) is 0 Å². The number of rotatable bonds is 8. The summed E-state index contributed by atoms with van der Waals surface area (Å²) in [4.78, 5) is 13.8. The lowest BCUT2D eigenvalue weighted by Crippen LogP contribution is -2.32. The van der Waals surface area contributed by atoms with Gasteiger partial charge in [0.1, 0.15) is 12.4 Å². The van der Waals surface area contributed by atoms with Crippen LogP contribution in [0.4, 0.5) is 4.79 Å². The normalized spacial score (nSPS) is 25.3. The van der Waals surface area contributed by atoms with Gasteiger partial charge < -0.3 is 23.4 Å². The van der Waals surface area contributed by atoms with Crippen molar-refractivity contribution in [1.82, 2.24) is 4.90 Å². The van der Waals surface area contributed by atoms with Crippen molar-refractivity contribution >= 4 is 13.7 Å². The Morgan fingerprint density at radius 2 is 1.92 bits per heavy atom. The number of hydrogen-bond donors (Lipinski definition) is 0. The molecule has 0 saturated carbocycles. The van der Waals surface area contributed by atoms with Gasteiger partial charge >= 0.3 is 13.7 Å². The molecule has 0 aromatic heterocycles. The molecule has 7 nitrogen and oxygen atoms in total. The molecule has 0 spiro atoms. The van der Waals surface area contributed by atoms with Crippen LogP contribution in [0.2, 0.25) is 0 Å². The van der Waals surface area contributed by atoms with Crippen LogP contribution >= 0.6 is 7.60 Å². The molecular formula is C18H26NO6P. The highest BCUT2D eigenvalue weighted by molar-refractivity contribution is 7.53. The first-order valence-corrected chi connectivity index (χ1v) is 10.7. The number of para-hydroxylation sites is 1. The molecule has 8 heteroatoms. The van der Waals surface area contributed by atoms with Crippen molar-refractivity contribution in [3.63, 3.8) is 0 Å². The summed E-state index contributed by atoms with van der Waals surface area (Å²) in [5.41, 5.74) is 1.00. The first-order valence-electron chi connectivity index (χ1n) is 8.97. The van der Waals surface area contributed by atoms with Crippen molar-refractivity contribution < 1.29 is 27.9 Å². The molecule has 3 atom stereocenters. The van der Waals surface area contributed by atoms with Crippen molar-refractivity contribution in [3.8, 4) is 5.75 Å². The first kappa shape index (κ1) is 19.2. The van der Waals surface area contributed by atoms with Crippen LogP contribution < -0.4 is 4.74 Å². The van der Waals surface area contributed by atoms with Gasteiger partial charge in [0, 0.05) is 18.4 Å². The minimum Gasteiger partial charge on any atom is -0.496 e. The number of fused-ring (bicyclic) bond motifs is 1. The minimum absolute atomic E-state index is 0.0155. The van der Waals surface area contributed by atoms with E-state index in [4.69, 9.17) is 18.5 Å². The number of methoxy groups -OCH3 is 1. The van der Waals surface area contributed by atoms with Crippen LogP contribution in [0.15, 0.2) is 24.3 Å². The number of amides is 1. The standard InChI is InChI=1S/C18H26NO6P/c1-4-24-26(21,25-5-2)12-15-14(10-19-16(15)11-23-18(19)20)13-8-6-7-9-17(13)22-3/h6-9,14-16H,4-5,10-12H2,1-3H3/t14-,15-,16-/m1/s1. The van der Waals surface area contributed by atoms with E-state index in [0.717, 1.165) is 11.3 Å². The van der Waals surface area contributed by atoms with E-state index < -0.39 is 7.60 Å². The summed E-state index contributed by atoms with van der Waals surface area (Å²) >= 11 is 0. The van der Waals surface area contributed by atoms with Gasteiger partial charge in [0.15, 0.2) is 0 Å². The second kappa shape index (κ2) is 7.99. The van der Waals surface area contributed by atoms with Gasteiger partial charge in [-0.15, -0.1) is 0 Å². The van der Waals surface area contributed by atoms with Gasteiger partial charge in [0.05, 0.1) is 32.5 Å². The molecule has 1 aromatic rings. The van der Waals surface area contributed by atoms with Gasteiger partial charge in [-0.1, -0.05) is 18.2 Å². The second-order valence-electron chi connectivity index (χ2n) is 6.44. The quantitative estimate of drug-likeness (QED) is 0.640. The third-order valence-corrected chi connectivity index (χ3v) is 7.21. The molecule has 2 fully saturated rings. The number of carbonyl (C=O) groups is 1. The highest BCUT2D eigenvalue weighted by Gasteiger charge is 2.52. The maximum absolute atomic E-state index is 13.2. The van der Waals surface area contributed by atoms with E-state index in [-0.39, 0.29) is 30.1 Å². The molecular weight excluding hydrogens is 357 g/mol. The van der Waals surface area contributed by atoms with Crippen molar-refractivity contribution in [2.75, 3.05) is 39.6 Å². The van der Waals surface area contributed by atoms with E-state index in [2.05, 4.69) is 0 Å². The smallest absolute Gasteiger partial charge is 0.410 e. The molecule has 2 saturated heterocycles. The Hall–Kier alpha value is -1.56. The molecule has 0 bridgehead atoms. The Morgan fingerprint density at radius 3 is 2.58 bits per heavy atom. The second-order valence-corrected chi connectivity index (χ2v) is 8.54. The Bertz CT molecular complexity index is 686. The maximum Gasteiger partial charge on any atom is 0.410 e. The molecule has 2 aliphatic rings. The largest absolute Gasteiger partial charge is 0.496 e. The van der Waals surface area contributed by atoms with Crippen LogP contribution in [0, 0.1) is 5.92 Å². The van der Waals surface area contributed by atoms with Crippen LogP contribution in [0.5, 0.6) is 5.75 Å². The van der Waals surface area contributed by atoms with Crippen LogP contribution in [0.3, 0.4) is 0 Å². The number of nitrogens with zero attached hydrogens (tertiary/aromatic N) is 1. The fraction of sp³-hybridized carbons (Fsp3) is 0.611. The van der Waals surface area contributed by atoms with Crippen LogP contribution in [0.1, 0.15) is 25.3 Å². The summed E-state index contributed by atoms with van der Waals surface area (Å²) in [5.74, 6) is 0.652. The lowest BCUT2D eigenvalue weighted by molar-refractivity contribution is 0.157. The van der Waals surface area contributed by atoms with Crippen LogP contribution in [0.25, 0.3) is 0 Å². The van der Waals surface area contributed by atoms with E-state index in [0.29, 0.717) is 26.4 Å². The number of benzene rings is 1. The predicted molar refractivity (Wildman–Crippen MR) is 96.8 cm³/mol. The minimum atomic E-state index is -3.25. The third-order valence-electron chi connectivity index (χ3n) is 5.04. The molecule has 1 amide bonds. The topological polar surface area (TPSA) is 74.3 Å². The van der Waals surface area contributed by atoms with E-state index in [1.165, 1.54) is 0 Å². The SMILES string of the molecule is CCOP(=O)(C[C@@H]1[C@@H](c2ccccc2OC)CN2C(=O)OC[C@H]12)OCC. The summed E-state index contributed by atoms with van der Waals surface area (Å²) in [6, 6.07) is 7.62. The van der Waals surface area contributed by atoms with Crippen molar-refractivity contribution in [3.05, 3.63) is 29.8 Å². The van der Waals surface area contributed by atoms with Crippen molar-refractivity contribution in [2.45, 2.75) is 25.8 Å². The number of cyclic esters (lactones) is 1. The van der Waals surface area contributed by atoms with Crippen LogP contribution in [-0.4, -0.2) is 56.7 Å². The summed E-state index contributed by atoms with van der Waals surface area (Å²) in [5, 5.41) is 0. The molecule has 2 heterocycles. The Balaban J connectivity index is 1.94.